The number of aliphatic hydroxyl groups is 1. The third kappa shape index (κ3) is 2.35. The van der Waals surface area contributed by atoms with Crippen molar-refractivity contribution in [1.82, 2.24) is 0 Å². The molecule has 66 valence electrons. The molecule has 0 aliphatic rings. The lowest BCUT2D eigenvalue weighted by Gasteiger charge is -2.05. The van der Waals surface area contributed by atoms with Gasteiger partial charge in [-0.1, -0.05) is 23.8 Å². The van der Waals surface area contributed by atoms with E-state index < -0.39 is 0 Å². The molecule has 0 fully saturated rings. The molecule has 0 saturated heterocycles. The molecular weight excluding hydrogens is 148 g/mol. The minimum Gasteiger partial charge on any atom is -0.396 e. The summed E-state index contributed by atoms with van der Waals surface area (Å²) < 4.78 is 0. The molecule has 1 heteroatoms. The van der Waals surface area contributed by atoms with E-state index >= 15 is 0 Å². The molecule has 12 heavy (non-hydrogen) atoms. The summed E-state index contributed by atoms with van der Waals surface area (Å²) >= 11 is 0. The average Bonchev–Trinajstić information content (AvgIpc) is 2.07. The summed E-state index contributed by atoms with van der Waals surface area (Å²) in [6, 6.07) is 6.46. The summed E-state index contributed by atoms with van der Waals surface area (Å²) in [6.45, 7) is 4.50. The first-order valence-corrected chi connectivity index (χ1v) is 4.41. The van der Waals surface area contributed by atoms with E-state index in [2.05, 4.69) is 32.0 Å². The molecule has 0 unspecified atom stereocenters. The zero-order valence-electron chi connectivity index (χ0n) is 7.80. The third-order valence-electron chi connectivity index (χ3n) is 2.11. The van der Waals surface area contributed by atoms with E-state index in [4.69, 9.17) is 5.11 Å². The first kappa shape index (κ1) is 9.27. The molecule has 1 aromatic rings. The highest BCUT2D eigenvalue weighted by atomic mass is 16.2. The van der Waals surface area contributed by atoms with E-state index in [1.807, 2.05) is 0 Å². The predicted octanol–water partition coefficient (Wildman–Crippen LogP) is 2.23. The lowest BCUT2D eigenvalue weighted by molar-refractivity contribution is 0.288. The standard InChI is InChI=1S/C11H16O/c1-9-5-6-10(2)11(8-9)4-3-7-12/h5-6,8,12H,3-4,7H2,1-2H3. The largest absolute Gasteiger partial charge is 0.396 e. The van der Waals surface area contributed by atoms with E-state index in [9.17, 15) is 0 Å². The second-order valence-corrected chi connectivity index (χ2v) is 3.26. The van der Waals surface area contributed by atoms with E-state index in [-0.39, 0.29) is 6.61 Å². The van der Waals surface area contributed by atoms with Crippen LogP contribution in [0.1, 0.15) is 23.1 Å². The van der Waals surface area contributed by atoms with Crippen molar-refractivity contribution < 1.29 is 5.11 Å². The maximum absolute atomic E-state index is 8.69. The molecule has 0 spiro atoms. The lowest BCUT2D eigenvalue weighted by Crippen LogP contribution is -1.93. The van der Waals surface area contributed by atoms with Gasteiger partial charge in [0.1, 0.15) is 0 Å². The topological polar surface area (TPSA) is 20.2 Å². The molecular formula is C11H16O. The van der Waals surface area contributed by atoms with Gasteiger partial charge in [0.2, 0.25) is 0 Å². The highest BCUT2D eigenvalue weighted by molar-refractivity contribution is 5.30. The summed E-state index contributed by atoms with van der Waals surface area (Å²) in [5.74, 6) is 0. The van der Waals surface area contributed by atoms with Gasteiger partial charge in [-0.05, 0) is 37.8 Å². The van der Waals surface area contributed by atoms with Crippen LogP contribution in [0.2, 0.25) is 0 Å². The van der Waals surface area contributed by atoms with Crippen LogP contribution in [-0.2, 0) is 6.42 Å². The minimum atomic E-state index is 0.285. The zero-order valence-corrected chi connectivity index (χ0v) is 7.80. The Morgan fingerprint density at radius 1 is 1.25 bits per heavy atom. The number of aliphatic hydroxyl groups excluding tert-OH is 1. The van der Waals surface area contributed by atoms with Crippen LogP contribution in [0.4, 0.5) is 0 Å². The number of benzene rings is 1. The zero-order chi connectivity index (χ0) is 8.97. The van der Waals surface area contributed by atoms with Crippen molar-refractivity contribution in [2.24, 2.45) is 0 Å². The van der Waals surface area contributed by atoms with E-state index in [1.54, 1.807) is 0 Å². The maximum atomic E-state index is 8.69. The number of rotatable bonds is 3. The van der Waals surface area contributed by atoms with Crippen LogP contribution in [0.3, 0.4) is 0 Å². The van der Waals surface area contributed by atoms with Gasteiger partial charge in [-0.3, -0.25) is 0 Å². The van der Waals surface area contributed by atoms with E-state index in [1.165, 1.54) is 16.7 Å². The van der Waals surface area contributed by atoms with Crippen molar-refractivity contribution in [2.75, 3.05) is 6.61 Å². The van der Waals surface area contributed by atoms with Crippen LogP contribution < -0.4 is 0 Å². The van der Waals surface area contributed by atoms with Gasteiger partial charge in [-0.15, -0.1) is 0 Å². The molecule has 1 rings (SSSR count). The second-order valence-electron chi connectivity index (χ2n) is 3.26. The molecule has 0 saturated carbocycles. The van der Waals surface area contributed by atoms with Crippen LogP contribution in [0, 0.1) is 13.8 Å². The molecule has 0 heterocycles. The van der Waals surface area contributed by atoms with Gasteiger partial charge in [-0.25, -0.2) is 0 Å². The molecule has 1 N–H and O–H groups in total. The maximum Gasteiger partial charge on any atom is 0.0434 e. The van der Waals surface area contributed by atoms with Crippen LogP contribution in [0.15, 0.2) is 18.2 Å². The normalized spacial score (nSPS) is 10.2. The molecule has 0 atom stereocenters. The highest BCUT2D eigenvalue weighted by Crippen LogP contribution is 2.12. The Hall–Kier alpha value is -0.820. The Morgan fingerprint density at radius 3 is 2.67 bits per heavy atom. The van der Waals surface area contributed by atoms with Gasteiger partial charge in [0.25, 0.3) is 0 Å². The van der Waals surface area contributed by atoms with E-state index in [0.29, 0.717) is 0 Å². The molecule has 0 amide bonds. The van der Waals surface area contributed by atoms with Gasteiger partial charge < -0.3 is 5.11 Å². The predicted molar refractivity (Wildman–Crippen MR) is 51.3 cm³/mol. The highest BCUT2D eigenvalue weighted by Gasteiger charge is 1.97. The van der Waals surface area contributed by atoms with Crippen LogP contribution in [-0.4, -0.2) is 11.7 Å². The molecule has 1 aromatic carbocycles. The number of hydrogen-bond acceptors (Lipinski definition) is 1. The van der Waals surface area contributed by atoms with Crippen LogP contribution in [0.25, 0.3) is 0 Å². The summed E-state index contributed by atoms with van der Waals surface area (Å²) in [7, 11) is 0. The average molecular weight is 164 g/mol. The van der Waals surface area contributed by atoms with Gasteiger partial charge in [0, 0.05) is 6.61 Å². The van der Waals surface area contributed by atoms with Crippen LogP contribution >= 0.6 is 0 Å². The monoisotopic (exact) mass is 164 g/mol. The summed E-state index contributed by atoms with van der Waals surface area (Å²) in [6.07, 6.45) is 1.86. The lowest BCUT2D eigenvalue weighted by atomic mass is 10.0. The second kappa shape index (κ2) is 4.27. The van der Waals surface area contributed by atoms with Crippen molar-refractivity contribution in [3.63, 3.8) is 0 Å². The van der Waals surface area contributed by atoms with E-state index in [0.717, 1.165) is 12.8 Å². The first-order valence-electron chi connectivity index (χ1n) is 4.41. The Balaban J connectivity index is 2.75. The van der Waals surface area contributed by atoms with Crippen molar-refractivity contribution in [3.8, 4) is 0 Å². The van der Waals surface area contributed by atoms with Gasteiger partial charge >= 0.3 is 0 Å². The molecule has 0 radical (unpaired) electrons. The van der Waals surface area contributed by atoms with Gasteiger partial charge in [0.15, 0.2) is 0 Å². The molecule has 0 bridgehead atoms. The molecule has 0 aromatic heterocycles. The fourth-order valence-corrected chi connectivity index (χ4v) is 1.34. The van der Waals surface area contributed by atoms with Crippen molar-refractivity contribution in [3.05, 3.63) is 34.9 Å². The summed E-state index contributed by atoms with van der Waals surface area (Å²) in [5.41, 5.74) is 3.99. The Kier molecular flexibility index (Phi) is 3.30. The van der Waals surface area contributed by atoms with Gasteiger partial charge in [0.05, 0.1) is 0 Å². The van der Waals surface area contributed by atoms with Crippen molar-refractivity contribution in [1.29, 1.82) is 0 Å². The van der Waals surface area contributed by atoms with Crippen molar-refractivity contribution >= 4 is 0 Å². The van der Waals surface area contributed by atoms with Gasteiger partial charge in [-0.2, -0.15) is 0 Å². The number of hydrogen-bond donors (Lipinski definition) is 1. The quantitative estimate of drug-likeness (QED) is 0.726. The van der Waals surface area contributed by atoms with Crippen molar-refractivity contribution in [2.45, 2.75) is 26.7 Å². The fourth-order valence-electron chi connectivity index (χ4n) is 1.34. The Bertz CT molecular complexity index is 253. The van der Waals surface area contributed by atoms with Crippen LogP contribution in [0.5, 0.6) is 0 Å². The minimum absolute atomic E-state index is 0.285. The first-order chi connectivity index (χ1) is 5.74. The number of aryl methyl sites for hydroxylation is 3. The summed E-state index contributed by atoms with van der Waals surface area (Å²) in [5, 5.41) is 8.69. The fraction of sp³-hybridized carbons (Fsp3) is 0.455. The summed E-state index contributed by atoms with van der Waals surface area (Å²) in [4.78, 5) is 0. The Labute approximate surface area is 74.1 Å². The SMILES string of the molecule is Cc1ccc(C)c(CCCO)c1. The molecule has 0 aliphatic carbocycles. The Morgan fingerprint density at radius 2 is 2.00 bits per heavy atom. The molecule has 0 aliphatic heterocycles. The third-order valence-corrected chi connectivity index (χ3v) is 2.11. The smallest absolute Gasteiger partial charge is 0.0434 e. The molecule has 1 nitrogen and oxygen atoms in total.